The Balaban J connectivity index is 2.23. The van der Waals surface area contributed by atoms with Crippen LogP contribution in [-0.4, -0.2) is 25.0 Å². The van der Waals surface area contributed by atoms with E-state index >= 15 is 0 Å². The van der Waals surface area contributed by atoms with Crippen LogP contribution >= 0.6 is 0 Å². The molecule has 1 aromatic rings. The van der Waals surface area contributed by atoms with Gasteiger partial charge >= 0.3 is 0 Å². The standard InChI is InChI=1S/C12H16N2O/c1-12(13-2)8-11(15)14(9-12)10-6-4-3-5-7-10/h3-7,13H,8-9H2,1-2H3. The fourth-order valence-corrected chi connectivity index (χ4v) is 1.93. The van der Waals surface area contributed by atoms with Gasteiger partial charge in [-0.3, -0.25) is 4.79 Å². The second kappa shape index (κ2) is 3.66. The minimum absolute atomic E-state index is 0.0904. The van der Waals surface area contributed by atoms with E-state index in [2.05, 4.69) is 12.2 Å². The summed E-state index contributed by atoms with van der Waals surface area (Å²) < 4.78 is 0. The van der Waals surface area contributed by atoms with Crippen molar-refractivity contribution in [3.05, 3.63) is 30.3 Å². The van der Waals surface area contributed by atoms with E-state index in [1.807, 2.05) is 42.3 Å². The molecule has 1 heterocycles. The maximum atomic E-state index is 11.8. The molecule has 0 aromatic heterocycles. The van der Waals surface area contributed by atoms with Gasteiger partial charge in [0.15, 0.2) is 0 Å². The molecule has 15 heavy (non-hydrogen) atoms. The zero-order chi connectivity index (χ0) is 10.9. The van der Waals surface area contributed by atoms with E-state index in [4.69, 9.17) is 0 Å². The summed E-state index contributed by atoms with van der Waals surface area (Å²) in [5.41, 5.74) is 0.897. The summed E-state index contributed by atoms with van der Waals surface area (Å²) in [7, 11) is 1.90. The summed E-state index contributed by atoms with van der Waals surface area (Å²) in [5, 5.41) is 3.21. The Morgan fingerprint density at radius 3 is 2.53 bits per heavy atom. The lowest BCUT2D eigenvalue weighted by atomic mass is 10.0. The van der Waals surface area contributed by atoms with Crippen LogP contribution in [-0.2, 0) is 4.79 Å². The Morgan fingerprint density at radius 1 is 1.33 bits per heavy atom. The number of rotatable bonds is 2. The number of nitrogens with zero attached hydrogens (tertiary/aromatic N) is 1. The van der Waals surface area contributed by atoms with Gasteiger partial charge in [-0.2, -0.15) is 0 Å². The van der Waals surface area contributed by atoms with Gasteiger partial charge in [-0.25, -0.2) is 0 Å². The van der Waals surface area contributed by atoms with Crippen molar-refractivity contribution in [3.63, 3.8) is 0 Å². The van der Waals surface area contributed by atoms with E-state index in [0.717, 1.165) is 12.2 Å². The fourth-order valence-electron chi connectivity index (χ4n) is 1.93. The average molecular weight is 204 g/mol. The third-order valence-corrected chi connectivity index (χ3v) is 3.02. The molecule has 1 atom stereocenters. The smallest absolute Gasteiger partial charge is 0.228 e. The molecule has 1 aromatic carbocycles. The number of hydrogen-bond acceptors (Lipinski definition) is 2. The van der Waals surface area contributed by atoms with Gasteiger partial charge < -0.3 is 10.2 Å². The predicted molar refractivity (Wildman–Crippen MR) is 60.9 cm³/mol. The summed E-state index contributed by atoms with van der Waals surface area (Å²) in [6.07, 6.45) is 0.568. The summed E-state index contributed by atoms with van der Waals surface area (Å²) in [4.78, 5) is 13.7. The van der Waals surface area contributed by atoms with Crippen molar-refractivity contribution in [2.75, 3.05) is 18.5 Å². The third kappa shape index (κ3) is 1.88. The second-order valence-corrected chi connectivity index (χ2v) is 4.30. The SMILES string of the molecule is CNC1(C)CC(=O)N(c2ccccc2)C1. The minimum atomic E-state index is -0.0904. The van der Waals surface area contributed by atoms with E-state index in [-0.39, 0.29) is 11.4 Å². The molecule has 2 rings (SSSR count). The predicted octanol–water partition coefficient (Wildman–Crippen LogP) is 1.40. The molecule has 0 saturated carbocycles. The quantitative estimate of drug-likeness (QED) is 0.789. The zero-order valence-corrected chi connectivity index (χ0v) is 9.16. The number of carbonyl (C=O) groups is 1. The normalized spacial score (nSPS) is 26.0. The number of benzene rings is 1. The molecule has 0 radical (unpaired) electrons. The molecule has 1 saturated heterocycles. The van der Waals surface area contributed by atoms with E-state index in [1.165, 1.54) is 0 Å². The molecule has 0 spiro atoms. The lowest BCUT2D eigenvalue weighted by Crippen LogP contribution is -2.42. The molecular weight excluding hydrogens is 188 g/mol. The van der Waals surface area contributed by atoms with Crippen LogP contribution in [0.15, 0.2) is 30.3 Å². The van der Waals surface area contributed by atoms with E-state index in [9.17, 15) is 4.79 Å². The molecule has 1 aliphatic rings. The lowest BCUT2D eigenvalue weighted by molar-refractivity contribution is -0.117. The van der Waals surface area contributed by atoms with Gasteiger partial charge in [0.25, 0.3) is 0 Å². The van der Waals surface area contributed by atoms with Crippen molar-refractivity contribution in [1.82, 2.24) is 5.32 Å². The summed E-state index contributed by atoms with van der Waals surface area (Å²) in [6, 6.07) is 9.81. The highest BCUT2D eigenvalue weighted by molar-refractivity contribution is 5.96. The Bertz CT molecular complexity index is 363. The van der Waals surface area contributed by atoms with Crippen molar-refractivity contribution < 1.29 is 4.79 Å². The number of hydrogen-bond donors (Lipinski definition) is 1. The van der Waals surface area contributed by atoms with Gasteiger partial charge in [0.05, 0.1) is 0 Å². The summed E-state index contributed by atoms with van der Waals surface area (Å²) in [5.74, 6) is 0.193. The van der Waals surface area contributed by atoms with Gasteiger partial charge in [-0.15, -0.1) is 0 Å². The van der Waals surface area contributed by atoms with Crippen LogP contribution in [0.3, 0.4) is 0 Å². The van der Waals surface area contributed by atoms with Crippen molar-refractivity contribution in [3.8, 4) is 0 Å². The molecule has 0 bridgehead atoms. The molecule has 1 fully saturated rings. The van der Waals surface area contributed by atoms with Crippen LogP contribution in [0.4, 0.5) is 5.69 Å². The van der Waals surface area contributed by atoms with Crippen LogP contribution in [0.25, 0.3) is 0 Å². The summed E-state index contributed by atoms with van der Waals surface area (Å²) >= 11 is 0. The van der Waals surface area contributed by atoms with Gasteiger partial charge in [0.1, 0.15) is 0 Å². The Kier molecular flexibility index (Phi) is 2.49. The Hall–Kier alpha value is -1.35. The lowest BCUT2D eigenvalue weighted by Gasteiger charge is -2.23. The van der Waals surface area contributed by atoms with E-state index in [1.54, 1.807) is 0 Å². The number of nitrogens with one attached hydrogen (secondary N) is 1. The van der Waals surface area contributed by atoms with Crippen LogP contribution in [0, 0.1) is 0 Å². The first kappa shape index (κ1) is 10.2. The molecule has 80 valence electrons. The first-order chi connectivity index (χ1) is 7.14. The first-order valence-corrected chi connectivity index (χ1v) is 5.19. The highest BCUT2D eigenvalue weighted by Crippen LogP contribution is 2.26. The zero-order valence-electron chi connectivity index (χ0n) is 9.16. The van der Waals surface area contributed by atoms with Crippen molar-refractivity contribution in [1.29, 1.82) is 0 Å². The number of para-hydroxylation sites is 1. The molecule has 1 aliphatic heterocycles. The fraction of sp³-hybridized carbons (Fsp3) is 0.417. The van der Waals surface area contributed by atoms with E-state index in [0.29, 0.717) is 6.42 Å². The molecule has 1 unspecified atom stereocenters. The largest absolute Gasteiger partial charge is 0.312 e. The molecule has 3 heteroatoms. The topological polar surface area (TPSA) is 32.3 Å². The first-order valence-electron chi connectivity index (χ1n) is 5.19. The van der Waals surface area contributed by atoms with Crippen LogP contribution in [0.2, 0.25) is 0 Å². The minimum Gasteiger partial charge on any atom is -0.312 e. The second-order valence-electron chi connectivity index (χ2n) is 4.30. The van der Waals surface area contributed by atoms with Gasteiger partial charge in [0.2, 0.25) is 5.91 Å². The number of anilines is 1. The van der Waals surface area contributed by atoms with Crippen LogP contribution in [0.1, 0.15) is 13.3 Å². The molecule has 0 aliphatic carbocycles. The molecule has 3 nitrogen and oxygen atoms in total. The third-order valence-electron chi connectivity index (χ3n) is 3.02. The van der Waals surface area contributed by atoms with Gasteiger partial charge in [0, 0.05) is 24.2 Å². The van der Waals surface area contributed by atoms with Crippen LogP contribution < -0.4 is 10.2 Å². The highest BCUT2D eigenvalue weighted by atomic mass is 16.2. The Labute approximate surface area is 90.1 Å². The maximum absolute atomic E-state index is 11.8. The highest BCUT2D eigenvalue weighted by Gasteiger charge is 2.38. The number of likely N-dealkylation sites (N-methyl/N-ethyl adjacent to an activating group) is 1. The number of amides is 1. The van der Waals surface area contributed by atoms with Crippen molar-refractivity contribution in [2.45, 2.75) is 18.9 Å². The Morgan fingerprint density at radius 2 is 2.00 bits per heavy atom. The van der Waals surface area contributed by atoms with Gasteiger partial charge in [-0.05, 0) is 26.1 Å². The average Bonchev–Trinajstić information content (AvgIpc) is 2.57. The molecule has 1 N–H and O–H groups in total. The van der Waals surface area contributed by atoms with Crippen molar-refractivity contribution >= 4 is 11.6 Å². The van der Waals surface area contributed by atoms with Gasteiger partial charge in [-0.1, -0.05) is 18.2 Å². The monoisotopic (exact) mass is 204 g/mol. The van der Waals surface area contributed by atoms with Crippen LogP contribution in [0.5, 0.6) is 0 Å². The summed E-state index contributed by atoms with van der Waals surface area (Å²) in [6.45, 7) is 2.82. The van der Waals surface area contributed by atoms with E-state index < -0.39 is 0 Å². The molecular formula is C12H16N2O. The van der Waals surface area contributed by atoms with Crippen molar-refractivity contribution in [2.24, 2.45) is 0 Å². The molecule has 1 amide bonds. The maximum Gasteiger partial charge on any atom is 0.228 e. The number of carbonyl (C=O) groups excluding carboxylic acids is 1.